The molecule has 0 radical (unpaired) electrons. The van der Waals surface area contributed by atoms with Crippen LogP contribution in [0.1, 0.15) is 90.4 Å². The summed E-state index contributed by atoms with van der Waals surface area (Å²) in [6, 6.07) is 0. The second-order valence-corrected chi connectivity index (χ2v) is 17.4. The second kappa shape index (κ2) is 14.3. The zero-order chi connectivity index (χ0) is 35.9. The summed E-state index contributed by atoms with van der Waals surface area (Å²) in [7, 11) is 1.63. The summed E-state index contributed by atoms with van der Waals surface area (Å²) in [6.45, 7) is 10.7. The van der Waals surface area contributed by atoms with E-state index in [-0.39, 0.29) is 123 Å². The molecule has 10 saturated heterocycles. The zero-order valence-corrected chi connectivity index (χ0v) is 30.7. The van der Waals surface area contributed by atoms with Crippen molar-refractivity contribution in [2.24, 2.45) is 11.8 Å². The van der Waals surface area contributed by atoms with Crippen molar-refractivity contribution < 1.29 is 57.6 Å². The van der Waals surface area contributed by atoms with Gasteiger partial charge < -0.3 is 52.8 Å². The van der Waals surface area contributed by atoms with Crippen molar-refractivity contribution in [2.75, 3.05) is 13.7 Å². The maximum Gasteiger partial charge on any atom is 0.172 e. The molecule has 10 aliphatic rings. The van der Waals surface area contributed by atoms with E-state index in [9.17, 15) is 15.0 Å². The molecule has 12 heteroatoms. The fourth-order valence-electron chi connectivity index (χ4n) is 11.3. The predicted molar refractivity (Wildman–Crippen MR) is 184 cm³/mol. The van der Waals surface area contributed by atoms with Crippen molar-refractivity contribution in [1.82, 2.24) is 0 Å². The second-order valence-electron chi connectivity index (χ2n) is 17.4. The van der Waals surface area contributed by atoms with Gasteiger partial charge in [0.05, 0.1) is 73.8 Å². The molecule has 290 valence electrons. The van der Waals surface area contributed by atoms with Crippen molar-refractivity contribution in [1.29, 1.82) is 0 Å². The number of hydrogen-bond acceptors (Lipinski definition) is 12. The van der Waals surface area contributed by atoms with Gasteiger partial charge in [0.2, 0.25) is 0 Å². The lowest BCUT2D eigenvalue weighted by Gasteiger charge is -2.47. The van der Waals surface area contributed by atoms with E-state index in [4.69, 9.17) is 42.6 Å². The number of hydrogen-bond donors (Lipinski definition) is 2. The van der Waals surface area contributed by atoms with Crippen LogP contribution >= 0.6 is 0 Å². The summed E-state index contributed by atoms with van der Waals surface area (Å²) in [5.74, 6) is -0.709. The number of carbonyl (C=O) groups excluding carboxylic acids is 1. The summed E-state index contributed by atoms with van der Waals surface area (Å²) in [5, 5.41) is 20.1. The van der Waals surface area contributed by atoms with Crippen LogP contribution in [0.3, 0.4) is 0 Å². The first-order valence-electron chi connectivity index (χ1n) is 20.1. The Balaban J connectivity index is 0.994. The Hall–Kier alpha value is -1.29. The molecule has 19 atom stereocenters. The molecule has 10 heterocycles. The minimum Gasteiger partial charge on any atom is -0.394 e. The molecule has 12 unspecified atom stereocenters. The fraction of sp³-hybridized carbons (Fsp3) is 0.875. The van der Waals surface area contributed by atoms with E-state index in [1.807, 2.05) is 0 Å². The highest BCUT2D eigenvalue weighted by Crippen LogP contribution is 2.54. The molecule has 0 saturated carbocycles. The molecule has 12 bridgehead atoms. The molecular formula is C40H58O12. The van der Waals surface area contributed by atoms with Crippen LogP contribution in [0.15, 0.2) is 24.3 Å². The molecule has 0 amide bonds. The lowest BCUT2D eigenvalue weighted by atomic mass is 9.81. The Kier molecular flexibility index (Phi) is 10.0. The SMILES string of the molecule is C=C1C2C[C@@H]3OC(CC(O)CO)[C@H](OC)C3CC(=O)CC3CCC4OC5C6O[C@@H]7CC(CCC8CC(=C)[C@H](CC[C@@H](C[C@H]1C)O2)O8)(OC6[C@H]4O3)OC57. The number of aliphatic hydroxyl groups is 2. The predicted octanol–water partition coefficient (Wildman–Crippen LogP) is 3.47. The Morgan fingerprint density at radius 3 is 2.37 bits per heavy atom. The van der Waals surface area contributed by atoms with Gasteiger partial charge in [-0.15, -0.1) is 0 Å². The van der Waals surface area contributed by atoms with Gasteiger partial charge in [-0.05, 0) is 62.0 Å². The number of carbonyl (C=O) groups is 1. The first kappa shape index (κ1) is 36.4. The molecule has 0 aromatic carbocycles. The Labute approximate surface area is 306 Å². The van der Waals surface area contributed by atoms with Crippen LogP contribution in [0.5, 0.6) is 0 Å². The van der Waals surface area contributed by atoms with Gasteiger partial charge in [-0.3, -0.25) is 4.79 Å². The summed E-state index contributed by atoms with van der Waals surface area (Å²) in [5.41, 5.74) is 2.17. The van der Waals surface area contributed by atoms with Crippen LogP contribution in [0.25, 0.3) is 0 Å². The number of fused-ring (bicyclic) bond motifs is 6. The van der Waals surface area contributed by atoms with Crippen molar-refractivity contribution >= 4 is 5.78 Å². The van der Waals surface area contributed by atoms with Crippen LogP contribution in [0, 0.1) is 11.8 Å². The van der Waals surface area contributed by atoms with Gasteiger partial charge >= 0.3 is 0 Å². The van der Waals surface area contributed by atoms with E-state index in [0.717, 1.165) is 49.7 Å². The number of aliphatic hydroxyl groups excluding tert-OH is 2. The Morgan fingerprint density at radius 1 is 0.788 bits per heavy atom. The van der Waals surface area contributed by atoms with Crippen LogP contribution < -0.4 is 0 Å². The fourth-order valence-corrected chi connectivity index (χ4v) is 11.3. The highest BCUT2D eigenvalue weighted by atomic mass is 16.8. The van der Waals surface area contributed by atoms with Gasteiger partial charge in [-0.1, -0.05) is 20.1 Å². The first-order chi connectivity index (χ1) is 25.1. The summed E-state index contributed by atoms with van der Waals surface area (Å²) in [4.78, 5) is 14.0. The van der Waals surface area contributed by atoms with Gasteiger partial charge in [-0.2, -0.15) is 0 Å². The lowest BCUT2D eigenvalue weighted by molar-refractivity contribution is -0.292. The molecule has 0 aromatic rings. The Morgan fingerprint density at radius 2 is 1.54 bits per heavy atom. The average Bonchev–Trinajstić information content (AvgIpc) is 3.79. The maximum absolute atomic E-state index is 14.0. The van der Waals surface area contributed by atoms with Crippen molar-refractivity contribution in [2.45, 2.75) is 194 Å². The summed E-state index contributed by atoms with van der Waals surface area (Å²) < 4.78 is 59.8. The van der Waals surface area contributed by atoms with Crippen LogP contribution in [-0.4, -0.2) is 133 Å². The summed E-state index contributed by atoms with van der Waals surface area (Å²) in [6.07, 6.45) is 4.01. The minimum atomic E-state index is -0.951. The number of rotatable bonds is 4. The summed E-state index contributed by atoms with van der Waals surface area (Å²) >= 11 is 0. The maximum atomic E-state index is 14.0. The first-order valence-corrected chi connectivity index (χ1v) is 20.1. The number of Topliss-reactive ketones (excluding diaryl/α,β-unsaturated/α-hetero) is 1. The standard InChI is InChI=1S/C40H58O12/c1-19-11-24-5-7-28-20(2)12-26(45-28)9-10-40-17-33-36(51-40)37-38(50-33)39(52-40)35-29(49-37)8-6-25(47-35)13-22(42)14-27-31(16-30(46-24)21(19)3)48-32(34(27)44-4)15-23(43)18-41/h19,23-39,41,43H,2-3,5-18H2,1,4H3/t19-,23?,24+,25?,26?,27?,28+,29?,30?,31+,32?,33-,34-,35+,36?,37?,38?,39?,40?/m1/s1. The third kappa shape index (κ3) is 6.59. The van der Waals surface area contributed by atoms with Gasteiger partial charge in [0, 0.05) is 51.6 Å². The molecule has 2 N–H and O–H groups in total. The smallest absolute Gasteiger partial charge is 0.172 e. The van der Waals surface area contributed by atoms with Crippen molar-refractivity contribution in [3.8, 4) is 0 Å². The van der Waals surface area contributed by atoms with E-state index in [1.54, 1.807) is 7.11 Å². The number of ketones is 1. The highest BCUT2D eigenvalue weighted by molar-refractivity contribution is 5.79. The molecular weight excluding hydrogens is 672 g/mol. The topological polar surface area (TPSA) is 141 Å². The molecule has 0 aromatic heterocycles. The van der Waals surface area contributed by atoms with Gasteiger partial charge in [0.25, 0.3) is 0 Å². The van der Waals surface area contributed by atoms with Gasteiger partial charge in [0.15, 0.2) is 5.79 Å². The lowest BCUT2D eigenvalue weighted by Crippen LogP contribution is -2.61. The minimum absolute atomic E-state index is 0.0260. The third-order valence-corrected chi connectivity index (χ3v) is 13.9. The van der Waals surface area contributed by atoms with Crippen LogP contribution in [0.4, 0.5) is 0 Å². The normalized spacial score (nSPS) is 52.4. The quantitative estimate of drug-likeness (QED) is 0.410. The highest BCUT2D eigenvalue weighted by Gasteiger charge is 2.68. The van der Waals surface area contributed by atoms with Gasteiger partial charge in [-0.25, -0.2) is 0 Å². The molecule has 12 nitrogen and oxygen atoms in total. The van der Waals surface area contributed by atoms with E-state index < -0.39 is 24.1 Å². The Bertz CT molecular complexity index is 1370. The van der Waals surface area contributed by atoms with E-state index >= 15 is 0 Å². The van der Waals surface area contributed by atoms with E-state index in [2.05, 4.69) is 20.1 Å². The average molecular weight is 731 g/mol. The molecule has 0 aliphatic carbocycles. The van der Waals surface area contributed by atoms with Crippen molar-refractivity contribution in [3.63, 3.8) is 0 Å². The van der Waals surface area contributed by atoms with Gasteiger partial charge in [0.1, 0.15) is 36.3 Å². The number of ether oxygens (including phenoxy) is 9. The third-order valence-electron chi connectivity index (χ3n) is 13.9. The van der Waals surface area contributed by atoms with E-state index in [1.165, 1.54) is 0 Å². The number of methoxy groups -OCH3 is 1. The zero-order valence-electron chi connectivity index (χ0n) is 30.7. The van der Waals surface area contributed by atoms with E-state index in [0.29, 0.717) is 25.7 Å². The molecule has 10 aliphatic heterocycles. The van der Waals surface area contributed by atoms with Crippen molar-refractivity contribution in [3.05, 3.63) is 24.3 Å². The molecule has 52 heavy (non-hydrogen) atoms. The molecule has 10 fully saturated rings. The monoisotopic (exact) mass is 730 g/mol. The molecule has 1 spiro atoms. The largest absolute Gasteiger partial charge is 0.394 e. The molecule has 10 rings (SSSR count). The van der Waals surface area contributed by atoms with Crippen LogP contribution in [0.2, 0.25) is 0 Å². The van der Waals surface area contributed by atoms with Crippen LogP contribution in [-0.2, 0) is 47.4 Å².